The molecular formula is C24H29NO3S. The molecule has 5 heteroatoms. The fourth-order valence-electron chi connectivity index (χ4n) is 3.74. The standard InChI is InChI=1S/C24H29NO3S/c1-3-4-11-17(2)23(26)25(19-14-9-6-10-15-19)20-16-21(29-22(20)24(27)28)18-12-7-5-8-13-18/h6,9-10,12,14-17H,3-5,7-8,11,13H2,1-2H3,(H,27,28). The van der Waals surface area contributed by atoms with Gasteiger partial charge in [-0.3, -0.25) is 9.69 Å². The quantitative estimate of drug-likeness (QED) is 0.514. The summed E-state index contributed by atoms with van der Waals surface area (Å²) in [6.07, 6.45) is 9.30. The van der Waals surface area contributed by atoms with Crippen LogP contribution in [0.1, 0.15) is 73.3 Å². The molecule has 1 N–H and O–H groups in total. The van der Waals surface area contributed by atoms with Gasteiger partial charge in [-0.2, -0.15) is 0 Å². The normalized spacial score (nSPS) is 14.9. The van der Waals surface area contributed by atoms with Crippen LogP contribution in [0.2, 0.25) is 0 Å². The molecule has 0 spiro atoms. The van der Waals surface area contributed by atoms with Gasteiger partial charge in [-0.1, -0.05) is 51.0 Å². The van der Waals surface area contributed by atoms with E-state index in [9.17, 15) is 14.7 Å². The van der Waals surface area contributed by atoms with Crippen LogP contribution in [0, 0.1) is 5.92 Å². The first kappa shape index (κ1) is 21.3. The van der Waals surface area contributed by atoms with E-state index in [1.165, 1.54) is 23.3 Å². The predicted molar refractivity (Wildman–Crippen MR) is 120 cm³/mol. The first-order valence-corrected chi connectivity index (χ1v) is 11.3. The average Bonchev–Trinajstić information content (AvgIpc) is 3.19. The second-order valence-corrected chi connectivity index (χ2v) is 8.71. The van der Waals surface area contributed by atoms with Crippen LogP contribution in [-0.2, 0) is 4.79 Å². The number of nitrogens with zero attached hydrogens (tertiary/aromatic N) is 1. The zero-order valence-corrected chi connectivity index (χ0v) is 18.0. The number of carbonyl (C=O) groups excluding carboxylic acids is 1. The van der Waals surface area contributed by atoms with E-state index in [1.54, 1.807) is 4.90 Å². The lowest BCUT2D eigenvalue weighted by Gasteiger charge is -2.26. The second-order valence-electron chi connectivity index (χ2n) is 7.66. The lowest BCUT2D eigenvalue weighted by Crippen LogP contribution is -2.31. The summed E-state index contributed by atoms with van der Waals surface area (Å²) in [6.45, 7) is 4.04. The largest absolute Gasteiger partial charge is 0.477 e. The Morgan fingerprint density at radius 3 is 2.59 bits per heavy atom. The minimum atomic E-state index is -0.984. The Balaban J connectivity index is 2.07. The minimum Gasteiger partial charge on any atom is -0.477 e. The number of carbonyl (C=O) groups is 2. The topological polar surface area (TPSA) is 57.6 Å². The van der Waals surface area contributed by atoms with E-state index in [1.807, 2.05) is 43.3 Å². The van der Waals surface area contributed by atoms with Gasteiger partial charge >= 0.3 is 5.97 Å². The summed E-state index contributed by atoms with van der Waals surface area (Å²) < 4.78 is 0. The number of anilines is 2. The molecule has 2 aromatic rings. The highest BCUT2D eigenvalue weighted by Gasteiger charge is 2.29. The highest BCUT2D eigenvalue weighted by atomic mass is 32.1. The molecule has 29 heavy (non-hydrogen) atoms. The molecule has 0 radical (unpaired) electrons. The van der Waals surface area contributed by atoms with Crippen molar-refractivity contribution in [1.29, 1.82) is 0 Å². The second kappa shape index (κ2) is 9.88. The number of allylic oxidation sites excluding steroid dienone is 2. The molecule has 154 valence electrons. The van der Waals surface area contributed by atoms with Gasteiger partial charge in [0.15, 0.2) is 0 Å². The summed E-state index contributed by atoms with van der Waals surface area (Å²) in [7, 11) is 0. The molecule has 0 saturated heterocycles. The number of para-hydroxylation sites is 1. The van der Waals surface area contributed by atoms with E-state index in [0.29, 0.717) is 11.4 Å². The number of rotatable bonds is 8. The Hall–Kier alpha value is -2.40. The summed E-state index contributed by atoms with van der Waals surface area (Å²) >= 11 is 1.28. The minimum absolute atomic E-state index is 0.0471. The van der Waals surface area contributed by atoms with Crippen molar-refractivity contribution in [3.05, 3.63) is 52.2 Å². The first-order valence-electron chi connectivity index (χ1n) is 10.5. The fraction of sp³-hybridized carbons (Fsp3) is 0.417. The first-order chi connectivity index (χ1) is 14.0. The molecule has 1 aromatic heterocycles. The van der Waals surface area contributed by atoms with Gasteiger partial charge in [0.1, 0.15) is 4.88 Å². The number of unbranched alkanes of at least 4 members (excludes halogenated alkanes) is 1. The molecule has 1 aromatic carbocycles. The highest BCUT2D eigenvalue weighted by molar-refractivity contribution is 7.15. The van der Waals surface area contributed by atoms with Crippen molar-refractivity contribution >= 4 is 40.2 Å². The Labute approximate surface area is 176 Å². The maximum Gasteiger partial charge on any atom is 0.348 e. The summed E-state index contributed by atoms with van der Waals surface area (Å²) in [5.74, 6) is -1.20. The van der Waals surface area contributed by atoms with Crippen LogP contribution in [0.5, 0.6) is 0 Å². The molecule has 1 atom stereocenters. The van der Waals surface area contributed by atoms with Crippen LogP contribution in [0.4, 0.5) is 11.4 Å². The monoisotopic (exact) mass is 411 g/mol. The van der Waals surface area contributed by atoms with Crippen molar-refractivity contribution in [1.82, 2.24) is 0 Å². The van der Waals surface area contributed by atoms with E-state index in [2.05, 4.69) is 13.0 Å². The highest BCUT2D eigenvalue weighted by Crippen LogP contribution is 2.41. The molecule has 4 nitrogen and oxygen atoms in total. The number of hydrogen-bond acceptors (Lipinski definition) is 3. The van der Waals surface area contributed by atoms with E-state index >= 15 is 0 Å². The Bertz CT molecular complexity index is 885. The number of thiophene rings is 1. The van der Waals surface area contributed by atoms with Crippen LogP contribution in [0.3, 0.4) is 0 Å². The number of hydrogen-bond donors (Lipinski definition) is 1. The van der Waals surface area contributed by atoms with E-state index in [0.717, 1.165) is 43.4 Å². The van der Waals surface area contributed by atoms with Crippen LogP contribution in [0.25, 0.3) is 5.57 Å². The zero-order valence-electron chi connectivity index (χ0n) is 17.2. The van der Waals surface area contributed by atoms with Gasteiger partial charge in [0.05, 0.1) is 5.69 Å². The van der Waals surface area contributed by atoms with Crippen LogP contribution < -0.4 is 4.90 Å². The Morgan fingerprint density at radius 1 is 1.21 bits per heavy atom. The average molecular weight is 412 g/mol. The van der Waals surface area contributed by atoms with Crippen molar-refractivity contribution < 1.29 is 14.7 Å². The predicted octanol–water partition coefficient (Wildman–Crippen LogP) is 6.89. The van der Waals surface area contributed by atoms with Gasteiger partial charge < -0.3 is 5.11 Å². The van der Waals surface area contributed by atoms with Gasteiger partial charge in [0.2, 0.25) is 5.91 Å². The van der Waals surface area contributed by atoms with Crippen LogP contribution in [-0.4, -0.2) is 17.0 Å². The number of amides is 1. The third kappa shape index (κ3) is 4.96. The van der Waals surface area contributed by atoms with Gasteiger partial charge in [0, 0.05) is 16.5 Å². The third-order valence-electron chi connectivity index (χ3n) is 5.40. The van der Waals surface area contributed by atoms with Crippen molar-refractivity contribution in [3.63, 3.8) is 0 Å². The number of benzene rings is 1. The van der Waals surface area contributed by atoms with Gasteiger partial charge in [0.25, 0.3) is 0 Å². The van der Waals surface area contributed by atoms with E-state index in [-0.39, 0.29) is 16.7 Å². The third-order valence-corrected chi connectivity index (χ3v) is 6.59. The molecule has 1 aliphatic rings. The van der Waals surface area contributed by atoms with Crippen molar-refractivity contribution in [3.8, 4) is 0 Å². The van der Waals surface area contributed by atoms with Gasteiger partial charge in [-0.15, -0.1) is 11.3 Å². The van der Waals surface area contributed by atoms with Gasteiger partial charge in [-0.05, 0) is 55.9 Å². The van der Waals surface area contributed by atoms with E-state index < -0.39 is 5.97 Å². The molecule has 1 aliphatic carbocycles. The fourth-order valence-corrected chi connectivity index (χ4v) is 4.79. The smallest absolute Gasteiger partial charge is 0.348 e. The Morgan fingerprint density at radius 2 is 1.97 bits per heavy atom. The summed E-state index contributed by atoms with van der Waals surface area (Å²) in [4.78, 5) is 28.3. The number of aromatic carboxylic acids is 1. The molecule has 0 fully saturated rings. The lowest BCUT2D eigenvalue weighted by atomic mass is 9.98. The number of carboxylic acids is 1. The summed E-state index contributed by atoms with van der Waals surface area (Å²) in [5, 5.41) is 9.89. The molecule has 3 rings (SSSR count). The molecule has 1 amide bonds. The summed E-state index contributed by atoms with van der Waals surface area (Å²) in [5.41, 5.74) is 2.41. The molecule has 0 aliphatic heterocycles. The van der Waals surface area contributed by atoms with Crippen molar-refractivity contribution in [2.24, 2.45) is 5.92 Å². The molecular weight excluding hydrogens is 382 g/mol. The SMILES string of the molecule is CCCCC(C)C(=O)N(c1ccccc1)c1cc(C2=CCCCC2)sc1C(=O)O. The Kier molecular flexibility index (Phi) is 7.26. The number of carboxylic acid groups (broad SMARTS) is 1. The van der Waals surface area contributed by atoms with Crippen LogP contribution >= 0.6 is 11.3 Å². The van der Waals surface area contributed by atoms with Crippen LogP contribution in [0.15, 0.2) is 42.5 Å². The molecule has 0 saturated carbocycles. The van der Waals surface area contributed by atoms with Gasteiger partial charge in [-0.25, -0.2) is 4.79 Å². The maximum absolute atomic E-state index is 13.4. The van der Waals surface area contributed by atoms with Crippen molar-refractivity contribution in [2.75, 3.05) is 4.90 Å². The lowest BCUT2D eigenvalue weighted by molar-refractivity contribution is -0.121. The van der Waals surface area contributed by atoms with Crippen molar-refractivity contribution in [2.45, 2.75) is 58.8 Å². The zero-order chi connectivity index (χ0) is 20.8. The molecule has 0 bridgehead atoms. The molecule has 1 heterocycles. The maximum atomic E-state index is 13.4. The summed E-state index contributed by atoms with van der Waals surface area (Å²) in [6, 6.07) is 11.3. The molecule has 1 unspecified atom stereocenters. The van der Waals surface area contributed by atoms with E-state index in [4.69, 9.17) is 0 Å².